The second kappa shape index (κ2) is 7.86. The van der Waals surface area contributed by atoms with Crippen LogP contribution in [0, 0.1) is 11.8 Å². The van der Waals surface area contributed by atoms with Crippen LogP contribution in [-0.4, -0.2) is 61.8 Å². The van der Waals surface area contributed by atoms with Gasteiger partial charge in [0.15, 0.2) is 11.5 Å². The Hall–Kier alpha value is -2.54. The molecule has 3 fully saturated rings. The van der Waals surface area contributed by atoms with Crippen LogP contribution in [0.25, 0.3) is 0 Å². The second-order valence-corrected chi connectivity index (χ2v) is 9.03. The molecule has 1 aromatic rings. The van der Waals surface area contributed by atoms with Crippen molar-refractivity contribution in [3.05, 3.63) is 35.9 Å². The van der Waals surface area contributed by atoms with Crippen LogP contribution >= 0.6 is 0 Å². The molecule has 3 unspecified atom stereocenters. The average molecular weight is 427 g/mol. The molecule has 1 spiro atoms. The van der Waals surface area contributed by atoms with Crippen molar-refractivity contribution in [3.8, 4) is 11.5 Å². The zero-order valence-electron chi connectivity index (χ0n) is 18.1. The number of nitrogens with zero attached hydrogens (tertiary/aromatic N) is 1. The summed E-state index contributed by atoms with van der Waals surface area (Å²) in [5.74, 6) is 0.502. The third kappa shape index (κ3) is 3.30. The molecular formula is C24H30N2O5. The molecule has 31 heavy (non-hydrogen) atoms. The average Bonchev–Trinajstić information content (AvgIpc) is 3.55. The molecule has 4 atom stereocenters. The molecule has 7 heteroatoms. The lowest BCUT2D eigenvalue weighted by Gasteiger charge is -2.27. The predicted molar refractivity (Wildman–Crippen MR) is 114 cm³/mol. The first-order valence-electron chi connectivity index (χ1n) is 11.2. The van der Waals surface area contributed by atoms with Crippen molar-refractivity contribution in [1.29, 1.82) is 0 Å². The van der Waals surface area contributed by atoms with Crippen LogP contribution in [-0.2, 0) is 20.7 Å². The zero-order valence-corrected chi connectivity index (χ0v) is 18.1. The number of hydrogen-bond acceptors (Lipinski definition) is 5. The zero-order chi connectivity index (χ0) is 21.6. The first-order chi connectivity index (χ1) is 15.1. The Morgan fingerprint density at radius 1 is 1.23 bits per heavy atom. The number of rotatable bonds is 7. The molecule has 5 rings (SSSR count). The van der Waals surface area contributed by atoms with Gasteiger partial charge < -0.3 is 24.4 Å². The number of carbonyl (C=O) groups excluding carboxylic acids is 2. The summed E-state index contributed by atoms with van der Waals surface area (Å²) >= 11 is 0. The van der Waals surface area contributed by atoms with Gasteiger partial charge in [-0.1, -0.05) is 31.1 Å². The van der Waals surface area contributed by atoms with Gasteiger partial charge in [-0.05, 0) is 37.0 Å². The van der Waals surface area contributed by atoms with Crippen LogP contribution in [0.2, 0.25) is 0 Å². The maximum atomic E-state index is 13.3. The molecule has 2 saturated heterocycles. The van der Waals surface area contributed by atoms with Crippen molar-refractivity contribution < 1.29 is 23.8 Å². The van der Waals surface area contributed by atoms with E-state index >= 15 is 0 Å². The molecule has 1 N–H and O–H groups in total. The number of hydrogen-bond donors (Lipinski definition) is 1. The van der Waals surface area contributed by atoms with Crippen LogP contribution in [0.4, 0.5) is 0 Å². The molecule has 166 valence electrons. The van der Waals surface area contributed by atoms with Crippen LogP contribution in [0.1, 0.15) is 31.2 Å². The van der Waals surface area contributed by atoms with Gasteiger partial charge in [0.05, 0.1) is 38.7 Å². The van der Waals surface area contributed by atoms with Crippen molar-refractivity contribution in [2.24, 2.45) is 11.8 Å². The van der Waals surface area contributed by atoms with Gasteiger partial charge in [0, 0.05) is 12.6 Å². The van der Waals surface area contributed by atoms with Gasteiger partial charge >= 0.3 is 0 Å². The second-order valence-electron chi connectivity index (χ2n) is 9.03. The lowest BCUT2D eigenvalue weighted by atomic mass is 9.77. The molecule has 0 aromatic heterocycles. The third-order valence-electron chi connectivity index (χ3n) is 7.36. The van der Waals surface area contributed by atoms with Crippen LogP contribution in [0.15, 0.2) is 30.4 Å². The Morgan fingerprint density at radius 3 is 2.74 bits per heavy atom. The summed E-state index contributed by atoms with van der Waals surface area (Å²) < 4.78 is 16.9. The standard InChI is InChI=1S/C24H30N2O5/c1-29-17-8-7-15(13-19(17)30-2)10-12-25-22(27)20-18-9-11-24(31-18)14-26(23(28)21(20)24)16-5-3-4-6-16/h7-9,11,13,16,18,20-21H,3-6,10,12,14H2,1-2H3,(H,25,27)/t18?,20?,21?,24-/m1/s1. The maximum absolute atomic E-state index is 13.3. The van der Waals surface area contributed by atoms with E-state index in [1.807, 2.05) is 35.3 Å². The molecule has 0 radical (unpaired) electrons. The van der Waals surface area contributed by atoms with E-state index in [9.17, 15) is 9.59 Å². The number of nitrogens with one attached hydrogen (secondary N) is 1. The fourth-order valence-electron chi connectivity index (χ4n) is 5.84. The number of methoxy groups -OCH3 is 2. The molecule has 4 aliphatic rings. The van der Waals surface area contributed by atoms with Gasteiger partial charge in [-0.25, -0.2) is 0 Å². The van der Waals surface area contributed by atoms with E-state index in [4.69, 9.17) is 14.2 Å². The Morgan fingerprint density at radius 2 is 2.00 bits per heavy atom. The van der Waals surface area contributed by atoms with E-state index in [0.29, 0.717) is 37.1 Å². The molecule has 1 aromatic carbocycles. The Kier molecular flexibility index (Phi) is 5.16. The predicted octanol–water partition coefficient (Wildman–Crippen LogP) is 2.09. The van der Waals surface area contributed by atoms with E-state index < -0.39 is 17.4 Å². The van der Waals surface area contributed by atoms with Gasteiger partial charge in [-0.15, -0.1) is 0 Å². The van der Waals surface area contributed by atoms with Crippen molar-refractivity contribution >= 4 is 11.8 Å². The van der Waals surface area contributed by atoms with Crippen LogP contribution in [0.5, 0.6) is 11.5 Å². The molecule has 7 nitrogen and oxygen atoms in total. The number of carbonyl (C=O) groups is 2. The van der Waals surface area contributed by atoms with E-state index in [1.165, 1.54) is 12.8 Å². The van der Waals surface area contributed by atoms with E-state index in [1.54, 1.807) is 14.2 Å². The Labute approximate surface area is 182 Å². The minimum absolute atomic E-state index is 0.0941. The fourth-order valence-corrected chi connectivity index (χ4v) is 5.84. The highest BCUT2D eigenvalue weighted by Gasteiger charge is 2.67. The summed E-state index contributed by atoms with van der Waals surface area (Å²) in [5.41, 5.74) is 0.429. The third-order valence-corrected chi connectivity index (χ3v) is 7.36. The van der Waals surface area contributed by atoms with Crippen LogP contribution in [0.3, 0.4) is 0 Å². The van der Waals surface area contributed by atoms with Gasteiger partial charge in [0.1, 0.15) is 5.60 Å². The molecule has 1 saturated carbocycles. The summed E-state index contributed by atoms with van der Waals surface area (Å²) in [6.07, 6.45) is 8.83. The molecule has 2 amide bonds. The van der Waals surface area contributed by atoms with Crippen molar-refractivity contribution in [2.45, 2.75) is 49.9 Å². The molecule has 2 bridgehead atoms. The Bertz CT molecular complexity index is 909. The number of fused-ring (bicyclic) bond motifs is 1. The minimum Gasteiger partial charge on any atom is -0.493 e. The largest absolute Gasteiger partial charge is 0.493 e. The minimum atomic E-state index is -0.615. The van der Waals surface area contributed by atoms with E-state index in [0.717, 1.165) is 18.4 Å². The topological polar surface area (TPSA) is 77.1 Å². The van der Waals surface area contributed by atoms with E-state index in [-0.39, 0.29) is 17.9 Å². The van der Waals surface area contributed by atoms with Gasteiger partial charge in [-0.3, -0.25) is 9.59 Å². The highest BCUT2D eigenvalue weighted by molar-refractivity contribution is 5.93. The highest BCUT2D eigenvalue weighted by Crippen LogP contribution is 2.53. The van der Waals surface area contributed by atoms with Gasteiger partial charge in [-0.2, -0.15) is 0 Å². The molecule has 3 heterocycles. The number of amides is 2. The van der Waals surface area contributed by atoms with Crippen molar-refractivity contribution in [1.82, 2.24) is 10.2 Å². The van der Waals surface area contributed by atoms with Crippen molar-refractivity contribution in [2.75, 3.05) is 27.3 Å². The van der Waals surface area contributed by atoms with E-state index in [2.05, 4.69) is 5.32 Å². The molecule has 3 aliphatic heterocycles. The normalized spacial score (nSPS) is 31.4. The highest BCUT2D eigenvalue weighted by atomic mass is 16.5. The lowest BCUT2D eigenvalue weighted by molar-refractivity contribution is -0.138. The molecule has 1 aliphatic carbocycles. The maximum Gasteiger partial charge on any atom is 0.230 e. The van der Waals surface area contributed by atoms with Crippen LogP contribution < -0.4 is 14.8 Å². The van der Waals surface area contributed by atoms with Gasteiger partial charge in [0.25, 0.3) is 0 Å². The monoisotopic (exact) mass is 426 g/mol. The quantitative estimate of drug-likeness (QED) is 0.676. The summed E-state index contributed by atoms with van der Waals surface area (Å²) in [6.45, 7) is 1.07. The smallest absolute Gasteiger partial charge is 0.230 e. The molecular weight excluding hydrogens is 396 g/mol. The fraction of sp³-hybridized carbons (Fsp3) is 0.583. The summed E-state index contributed by atoms with van der Waals surface area (Å²) in [4.78, 5) is 28.4. The Balaban J connectivity index is 1.24. The first-order valence-corrected chi connectivity index (χ1v) is 11.2. The van der Waals surface area contributed by atoms with Gasteiger partial charge in [0.2, 0.25) is 11.8 Å². The summed E-state index contributed by atoms with van der Waals surface area (Å²) in [5, 5.41) is 3.04. The summed E-state index contributed by atoms with van der Waals surface area (Å²) in [7, 11) is 3.21. The first kappa shape index (κ1) is 20.4. The SMILES string of the molecule is COc1ccc(CCNC(=O)C2C3C=C[C@]4(CN(C5CCCC5)C(=O)C24)O3)cc1OC. The number of likely N-dealkylation sites (tertiary alicyclic amines) is 1. The number of benzene rings is 1. The van der Waals surface area contributed by atoms with Crippen molar-refractivity contribution in [3.63, 3.8) is 0 Å². The number of ether oxygens (including phenoxy) is 3. The summed E-state index contributed by atoms with van der Waals surface area (Å²) in [6, 6.07) is 6.05. The lowest BCUT2D eigenvalue weighted by Crippen LogP contribution is -2.45.